The molecule has 0 bridgehead atoms. The van der Waals surface area contributed by atoms with Crippen molar-refractivity contribution in [1.29, 1.82) is 5.26 Å². The minimum Gasteiger partial charge on any atom is -0.454 e. The van der Waals surface area contributed by atoms with Crippen LogP contribution in [-0.2, 0) is 0 Å². The molecule has 1 aliphatic heterocycles. The van der Waals surface area contributed by atoms with E-state index in [2.05, 4.69) is 15.3 Å². The predicted molar refractivity (Wildman–Crippen MR) is 67.7 cm³/mol. The lowest BCUT2D eigenvalue weighted by Gasteiger charge is -2.04. The van der Waals surface area contributed by atoms with E-state index in [1.807, 2.05) is 24.3 Å². The van der Waals surface area contributed by atoms with Gasteiger partial charge in [0.05, 0.1) is 6.07 Å². The average Bonchev–Trinajstić information content (AvgIpc) is 2.93. The summed E-state index contributed by atoms with van der Waals surface area (Å²) in [6, 6.07) is 7.65. The molecule has 19 heavy (non-hydrogen) atoms. The topological polar surface area (TPSA) is 80.1 Å². The van der Waals surface area contributed by atoms with Crippen molar-refractivity contribution in [2.24, 2.45) is 0 Å². The number of fused-ring (bicyclic) bond motifs is 1. The molecular formula is C13H10N4O2. The summed E-state index contributed by atoms with van der Waals surface area (Å²) in [5, 5.41) is 11.2. The van der Waals surface area contributed by atoms with Crippen molar-refractivity contribution >= 4 is 5.95 Å². The number of nitriles is 1. The molecule has 0 saturated carbocycles. The van der Waals surface area contributed by atoms with Crippen LogP contribution in [0.3, 0.4) is 0 Å². The van der Waals surface area contributed by atoms with Crippen LogP contribution >= 0.6 is 0 Å². The number of aromatic nitrogens is 2. The molecule has 0 aliphatic carbocycles. The molecule has 1 aromatic heterocycles. The molecule has 0 atom stereocenters. The van der Waals surface area contributed by atoms with E-state index in [9.17, 15) is 0 Å². The Morgan fingerprint density at radius 2 is 1.95 bits per heavy atom. The second kappa shape index (κ2) is 4.82. The van der Waals surface area contributed by atoms with Crippen LogP contribution in [-0.4, -0.2) is 23.3 Å². The summed E-state index contributed by atoms with van der Waals surface area (Å²) in [5.74, 6) is 1.91. The minimum atomic E-state index is 0.184. The van der Waals surface area contributed by atoms with Gasteiger partial charge in [0.2, 0.25) is 12.7 Å². The Bertz CT molecular complexity index is 634. The molecule has 0 radical (unpaired) electrons. The Morgan fingerprint density at radius 1 is 1.16 bits per heavy atom. The van der Waals surface area contributed by atoms with Gasteiger partial charge in [0.15, 0.2) is 11.5 Å². The Morgan fingerprint density at radius 3 is 2.74 bits per heavy atom. The van der Waals surface area contributed by atoms with E-state index in [0.29, 0.717) is 5.95 Å². The first-order valence-corrected chi connectivity index (χ1v) is 5.70. The minimum absolute atomic E-state index is 0.184. The van der Waals surface area contributed by atoms with E-state index in [-0.39, 0.29) is 13.3 Å². The van der Waals surface area contributed by atoms with Crippen molar-refractivity contribution in [2.75, 3.05) is 18.7 Å². The van der Waals surface area contributed by atoms with Crippen molar-refractivity contribution < 1.29 is 9.47 Å². The lowest BCUT2D eigenvalue weighted by atomic mass is 10.1. The van der Waals surface area contributed by atoms with Crippen molar-refractivity contribution in [1.82, 2.24) is 9.97 Å². The fraction of sp³-hybridized carbons (Fsp3) is 0.154. The Kier molecular flexibility index (Phi) is 2.86. The van der Waals surface area contributed by atoms with Gasteiger partial charge in [-0.05, 0) is 17.7 Å². The van der Waals surface area contributed by atoms with Crippen LogP contribution in [0, 0.1) is 11.3 Å². The van der Waals surface area contributed by atoms with Gasteiger partial charge < -0.3 is 14.8 Å². The van der Waals surface area contributed by atoms with Gasteiger partial charge in [-0.15, -0.1) is 0 Å². The molecular weight excluding hydrogens is 244 g/mol. The lowest BCUT2D eigenvalue weighted by Crippen LogP contribution is -2.02. The van der Waals surface area contributed by atoms with E-state index < -0.39 is 0 Å². The molecule has 6 nitrogen and oxygen atoms in total. The van der Waals surface area contributed by atoms with E-state index >= 15 is 0 Å². The fourth-order valence-corrected chi connectivity index (χ4v) is 1.76. The summed E-state index contributed by atoms with van der Waals surface area (Å²) in [5.41, 5.74) is 1.83. The molecule has 2 heterocycles. The zero-order valence-corrected chi connectivity index (χ0v) is 9.96. The van der Waals surface area contributed by atoms with Crippen molar-refractivity contribution in [3.8, 4) is 28.7 Å². The lowest BCUT2D eigenvalue weighted by molar-refractivity contribution is 0.174. The number of hydrogen-bond donors (Lipinski definition) is 1. The van der Waals surface area contributed by atoms with Gasteiger partial charge in [-0.3, -0.25) is 0 Å². The van der Waals surface area contributed by atoms with Gasteiger partial charge in [-0.25, -0.2) is 9.97 Å². The highest BCUT2D eigenvalue weighted by Crippen LogP contribution is 2.35. The highest BCUT2D eigenvalue weighted by molar-refractivity contribution is 5.66. The van der Waals surface area contributed by atoms with Crippen LogP contribution < -0.4 is 14.8 Å². The SMILES string of the molecule is N#CCNc1ncc(-c2ccc3c(c2)OCO3)cn1. The van der Waals surface area contributed by atoms with Crippen LogP contribution in [0.25, 0.3) is 11.1 Å². The third kappa shape index (κ3) is 2.26. The first-order valence-electron chi connectivity index (χ1n) is 5.70. The van der Waals surface area contributed by atoms with Gasteiger partial charge >= 0.3 is 0 Å². The summed E-state index contributed by atoms with van der Waals surface area (Å²) in [7, 11) is 0. The standard InChI is InChI=1S/C13H10N4O2/c14-3-4-15-13-16-6-10(7-17-13)9-1-2-11-12(5-9)19-8-18-11/h1-2,5-7H,4,8H2,(H,15,16,17). The maximum absolute atomic E-state index is 8.46. The third-order valence-corrected chi connectivity index (χ3v) is 2.68. The van der Waals surface area contributed by atoms with Gasteiger partial charge in [-0.1, -0.05) is 6.07 Å². The largest absolute Gasteiger partial charge is 0.454 e. The summed E-state index contributed by atoms with van der Waals surface area (Å²) < 4.78 is 10.6. The van der Waals surface area contributed by atoms with Crippen molar-refractivity contribution in [2.45, 2.75) is 0 Å². The first kappa shape index (κ1) is 11.3. The van der Waals surface area contributed by atoms with Crippen molar-refractivity contribution in [3.05, 3.63) is 30.6 Å². The normalized spacial score (nSPS) is 11.9. The molecule has 1 aromatic carbocycles. The van der Waals surface area contributed by atoms with Gasteiger partial charge in [0, 0.05) is 18.0 Å². The molecule has 1 aliphatic rings. The predicted octanol–water partition coefficient (Wildman–Crippen LogP) is 1.81. The maximum Gasteiger partial charge on any atom is 0.231 e. The van der Waals surface area contributed by atoms with Gasteiger partial charge in [-0.2, -0.15) is 5.26 Å². The quantitative estimate of drug-likeness (QED) is 0.841. The number of rotatable bonds is 3. The summed E-state index contributed by atoms with van der Waals surface area (Å²) in [6.45, 7) is 0.440. The highest BCUT2D eigenvalue weighted by atomic mass is 16.7. The molecule has 0 fully saturated rings. The Hall–Kier alpha value is -2.81. The molecule has 94 valence electrons. The third-order valence-electron chi connectivity index (χ3n) is 2.68. The number of hydrogen-bond acceptors (Lipinski definition) is 6. The summed E-state index contributed by atoms with van der Waals surface area (Å²) in [6.07, 6.45) is 3.40. The average molecular weight is 254 g/mol. The van der Waals surface area contributed by atoms with Crippen LogP contribution in [0.4, 0.5) is 5.95 Å². The molecule has 1 N–H and O–H groups in total. The molecule has 0 amide bonds. The zero-order chi connectivity index (χ0) is 13.1. The van der Waals surface area contributed by atoms with E-state index in [4.69, 9.17) is 14.7 Å². The molecule has 6 heteroatoms. The first-order chi connectivity index (χ1) is 9.36. The fourth-order valence-electron chi connectivity index (χ4n) is 1.76. The van der Waals surface area contributed by atoms with E-state index in [0.717, 1.165) is 22.6 Å². The van der Waals surface area contributed by atoms with Crippen LogP contribution in [0.2, 0.25) is 0 Å². The van der Waals surface area contributed by atoms with Crippen LogP contribution in [0.1, 0.15) is 0 Å². The summed E-state index contributed by atoms with van der Waals surface area (Å²) in [4.78, 5) is 8.28. The van der Waals surface area contributed by atoms with Crippen molar-refractivity contribution in [3.63, 3.8) is 0 Å². The molecule has 3 rings (SSSR count). The Labute approximate surface area is 109 Å². The number of nitrogens with zero attached hydrogens (tertiary/aromatic N) is 3. The number of benzene rings is 1. The van der Waals surface area contributed by atoms with Gasteiger partial charge in [0.25, 0.3) is 0 Å². The second-order valence-electron chi connectivity index (χ2n) is 3.88. The van der Waals surface area contributed by atoms with E-state index in [1.165, 1.54) is 0 Å². The molecule has 0 spiro atoms. The second-order valence-corrected chi connectivity index (χ2v) is 3.88. The molecule has 0 saturated heterocycles. The summed E-state index contributed by atoms with van der Waals surface area (Å²) >= 11 is 0. The van der Waals surface area contributed by atoms with E-state index in [1.54, 1.807) is 12.4 Å². The number of anilines is 1. The Balaban J connectivity index is 1.84. The molecule has 0 unspecified atom stereocenters. The smallest absolute Gasteiger partial charge is 0.231 e. The monoisotopic (exact) mass is 254 g/mol. The highest BCUT2D eigenvalue weighted by Gasteiger charge is 2.13. The van der Waals surface area contributed by atoms with Gasteiger partial charge in [0.1, 0.15) is 6.54 Å². The molecule has 2 aromatic rings. The number of ether oxygens (including phenoxy) is 2. The maximum atomic E-state index is 8.46. The van der Waals surface area contributed by atoms with Crippen LogP contribution in [0.15, 0.2) is 30.6 Å². The zero-order valence-electron chi connectivity index (χ0n) is 9.96. The number of nitrogens with one attached hydrogen (secondary N) is 1. The van der Waals surface area contributed by atoms with Crippen LogP contribution in [0.5, 0.6) is 11.5 Å².